The number of para-hydroxylation sites is 1. The molecule has 1 aromatic rings. The van der Waals surface area contributed by atoms with Crippen LogP contribution >= 0.6 is 12.2 Å². The summed E-state index contributed by atoms with van der Waals surface area (Å²) in [6.07, 6.45) is -4.95. The average molecular weight is 396 g/mol. The van der Waals surface area contributed by atoms with Gasteiger partial charge in [0.05, 0.1) is 18.2 Å². The van der Waals surface area contributed by atoms with Crippen LogP contribution in [0.5, 0.6) is 5.75 Å². The molecule has 1 aliphatic rings. The number of ether oxygens (including phenoxy) is 2. The van der Waals surface area contributed by atoms with Gasteiger partial charge in [-0.1, -0.05) is 18.2 Å². The lowest BCUT2D eigenvalue weighted by atomic mass is 9.94. The number of carbonyl (C=O) groups excluding carboxylic acids is 1. The monoisotopic (exact) mass is 396 g/mol. The molecule has 0 bridgehead atoms. The molecule has 0 aromatic heterocycles. The average Bonchev–Trinajstić information content (AvgIpc) is 2.53. The van der Waals surface area contributed by atoms with Gasteiger partial charge >= 0.3 is 18.8 Å². The van der Waals surface area contributed by atoms with Gasteiger partial charge in [0.1, 0.15) is 11.4 Å². The highest BCUT2D eigenvalue weighted by Gasteiger charge is 2.45. The Hall–Kier alpha value is -2.43. The summed E-state index contributed by atoms with van der Waals surface area (Å²) in [7, 11) is 0. The first-order valence-electron chi connectivity index (χ1n) is 7.24. The van der Waals surface area contributed by atoms with E-state index in [-0.39, 0.29) is 12.2 Å². The van der Waals surface area contributed by atoms with Gasteiger partial charge < -0.3 is 20.1 Å². The predicted molar refractivity (Wildman–Crippen MR) is 84.4 cm³/mol. The van der Waals surface area contributed by atoms with Crippen LogP contribution in [0.2, 0.25) is 0 Å². The quantitative estimate of drug-likeness (QED) is 0.453. The highest BCUT2D eigenvalue weighted by molar-refractivity contribution is 7.80. The van der Waals surface area contributed by atoms with Crippen LogP contribution in [0.15, 0.2) is 35.5 Å². The van der Waals surface area contributed by atoms with Crippen molar-refractivity contribution in [2.24, 2.45) is 0 Å². The number of halogens is 5. The third kappa shape index (κ3) is 4.40. The molecule has 11 heteroatoms. The van der Waals surface area contributed by atoms with Gasteiger partial charge in [-0.15, -0.1) is 0 Å². The van der Waals surface area contributed by atoms with Gasteiger partial charge in [-0.05, 0) is 25.2 Å². The minimum atomic E-state index is -4.95. The highest BCUT2D eigenvalue weighted by atomic mass is 32.1. The van der Waals surface area contributed by atoms with Gasteiger partial charge in [-0.25, -0.2) is 4.79 Å². The van der Waals surface area contributed by atoms with E-state index in [1.807, 2.05) is 5.32 Å². The Bertz CT molecular complexity index is 736. The van der Waals surface area contributed by atoms with Gasteiger partial charge in [0.2, 0.25) is 0 Å². The van der Waals surface area contributed by atoms with Crippen molar-refractivity contribution in [3.8, 4) is 5.75 Å². The van der Waals surface area contributed by atoms with E-state index < -0.39 is 46.9 Å². The molecule has 0 spiro atoms. The smallest absolute Gasteiger partial charge is 0.431 e. The van der Waals surface area contributed by atoms with Crippen LogP contribution in [0.4, 0.5) is 22.0 Å². The first-order chi connectivity index (χ1) is 12.1. The Kier molecular flexibility index (Phi) is 6.01. The number of alkyl halides is 5. The molecule has 1 aliphatic heterocycles. The minimum absolute atomic E-state index is 0.124. The van der Waals surface area contributed by atoms with E-state index in [1.165, 1.54) is 25.1 Å². The second-order valence-corrected chi connectivity index (χ2v) is 5.36. The normalized spacial score (nSPS) is 17.7. The Morgan fingerprint density at radius 2 is 1.96 bits per heavy atom. The third-order valence-electron chi connectivity index (χ3n) is 3.30. The zero-order chi connectivity index (χ0) is 19.5. The Morgan fingerprint density at radius 1 is 1.31 bits per heavy atom. The molecule has 0 unspecified atom stereocenters. The molecule has 1 aromatic carbocycles. The van der Waals surface area contributed by atoms with Crippen molar-refractivity contribution in [1.29, 1.82) is 0 Å². The van der Waals surface area contributed by atoms with E-state index in [0.717, 1.165) is 6.07 Å². The topological polar surface area (TPSA) is 59.6 Å². The predicted octanol–water partition coefficient (Wildman–Crippen LogP) is 3.19. The van der Waals surface area contributed by atoms with Crippen LogP contribution in [0.25, 0.3) is 0 Å². The number of allylic oxidation sites excluding steroid dienone is 1. The van der Waals surface area contributed by atoms with Crippen LogP contribution in [0, 0.1) is 0 Å². The van der Waals surface area contributed by atoms with Crippen molar-refractivity contribution < 1.29 is 36.2 Å². The summed E-state index contributed by atoms with van der Waals surface area (Å²) in [6.45, 7) is -1.97. The largest absolute Gasteiger partial charge is 0.463 e. The van der Waals surface area contributed by atoms with Crippen LogP contribution in [-0.2, 0) is 9.53 Å². The van der Waals surface area contributed by atoms with Crippen LogP contribution in [0.3, 0.4) is 0 Å². The van der Waals surface area contributed by atoms with E-state index in [1.54, 1.807) is 0 Å². The minimum Gasteiger partial charge on any atom is -0.463 e. The number of hydrogen-bond donors (Lipinski definition) is 2. The zero-order valence-corrected chi connectivity index (χ0v) is 14.0. The zero-order valence-electron chi connectivity index (χ0n) is 13.2. The lowest BCUT2D eigenvalue weighted by Gasteiger charge is -2.32. The second-order valence-electron chi connectivity index (χ2n) is 4.95. The molecular weight excluding hydrogens is 383 g/mol. The van der Waals surface area contributed by atoms with Crippen LogP contribution < -0.4 is 15.4 Å². The molecular formula is C15H13F5N2O3S. The van der Waals surface area contributed by atoms with Gasteiger partial charge in [-0.3, -0.25) is 0 Å². The number of benzene rings is 1. The molecule has 142 valence electrons. The number of nitrogens with one attached hydrogen (secondary N) is 2. The maximum Gasteiger partial charge on any atom is 0.431 e. The Morgan fingerprint density at radius 3 is 2.54 bits per heavy atom. The fourth-order valence-corrected chi connectivity index (χ4v) is 2.59. The SMILES string of the molecule is CCOC(=O)C1=C(C(F)(F)F)NC(=S)N[C@@H]1c1ccccc1OC(F)F. The maximum atomic E-state index is 13.4. The molecule has 26 heavy (non-hydrogen) atoms. The number of esters is 1. The fraction of sp³-hybridized carbons (Fsp3) is 0.333. The van der Waals surface area contributed by atoms with E-state index in [4.69, 9.17) is 17.0 Å². The van der Waals surface area contributed by atoms with E-state index in [0.29, 0.717) is 0 Å². The first kappa shape index (κ1) is 19.9. The van der Waals surface area contributed by atoms with E-state index in [2.05, 4.69) is 10.1 Å². The van der Waals surface area contributed by atoms with Crippen molar-refractivity contribution in [2.75, 3.05) is 6.61 Å². The summed E-state index contributed by atoms with van der Waals surface area (Å²) < 4.78 is 74.5. The molecule has 2 N–H and O–H groups in total. The van der Waals surface area contributed by atoms with Crippen molar-refractivity contribution in [1.82, 2.24) is 10.6 Å². The Balaban J connectivity index is 2.65. The first-order valence-corrected chi connectivity index (χ1v) is 7.65. The van der Waals surface area contributed by atoms with E-state index in [9.17, 15) is 26.7 Å². The fourth-order valence-electron chi connectivity index (χ4n) is 2.37. The molecule has 0 saturated heterocycles. The van der Waals surface area contributed by atoms with Gasteiger partial charge in [0, 0.05) is 5.56 Å². The van der Waals surface area contributed by atoms with Crippen LogP contribution in [-0.4, -0.2) is 30.5 Å². The Labute approximate surface area is 150 Å². The summed E-state index contributed by atoms with van der Waals surface area (Å²) >= 11 is 4.77. The lowest BCUT2D eigenvalue weighted by Crippen LogP contribution is -2.49. The molecule has 5 nitrogen and oxygen atoms in total. The number of hydrogen-bond acceptors (Lipinski definition) is 4. The van der Waals surface area contributed by atoms with Gasteiger partial charge in [-0.2, -0.15) is 22.0 Å². The van der Waals surface area contributed by atoms with Gasteiger partial charge in [0.15, 0.2) is 5.11 Å². The molecule has 0 aliphatic carbocycles. The van der Waals surface area contributed by atoms with Crippen molar-refractivity contribution in [2.45, 2.75) is 25.8 Å². The molecule has 0 radical (unpaired) electrons. The number of carbonyl (C=O) groups is 1. The molecule has 0 amide bonds. The lowest BCUT2D eigenvalue weighted by molar-refractivity contribution is -0.140. The molecule has 0 fully saturated rings. The molecule has 0 saturated carbocycles. The number of rotatable bonds is 5. The van der Waals surface area contributed by atoms with Crippen molar-refractivity contribution in [3.63, 3.8) is 0 Å². The molecule has 1 heterocycles. The standard InChI is InChI=1S/C15H13F5N2O3S/c1-2-24-12(23)9-10(21-14(26)22-11(9)15(18,19)20)7-5-3-4-6-8(7)25-13(16)17/h3-6,10,13H,2H2,1H3,(H2,21,22,26)/t10-/m1/s1. The highest BCUT2D eigenvalue weighted by Crippen LogP contribution is 2.38. The summed E-state index contributed by atoms with van der Waals surface area (Å²) in [5, 5.41) is 3.94. The molecule has 2 rings (SSSR count). The summed E-state index contributed by atoms with van der Waals surface area (Å²) in [5.74, 6) is -1.66. The summed E-state index contributed by atoms with van der Waals surface area (Å²) in [5.41, 5.74) is -2.38. The van der Waals surface area contributed by atoms with Crippen molar-refractivity contribution in [3.05, 3.63) is 41.1 Å². The molecule has 1 atom stereocenters. The second kappa shape index (κ2) is 7.85. The van der Waals surface area contributed by atoms with E-state index >= 15 is 0 Å². The third-order valence-corrected chi connectivity index (χ3v) is 3.52. The van der Waals surface area contributed by atoms with Gasteiger partial charge in [0.25, 0.3) is 0 Å². The van der Waals surface area contributed by atoms with Crippen LogP contribution in [0.1, 0.15) is 18.5 Å². The maximum absolute atomic E-state index is 13.4. The number of thiocarbonyl (C=S) groups is 1. The van der Waals surface area contributed by atoms with Crippen molar-refractivity contribution >= 4 is 23.3 Å². The summed E-state index contributed by atoms with van der Waals surface area (Å²) in [4.78, 5) is 12.2. The summed E-state index contributed by atoms with van der Waals surface area (Å²) in [6, 6.07) is 3.66.